The Morgan fingerprint density at radius 2 is 2.00 bits per heavy atom. The molecule has 0 spiro atoms. The number of hydrogen-bond donors (Lipinski definition) is 1. The third-order valence-corrected chi connectivity index (χ3v) is 5.28. The molecule has 1 aromatic carbocycles. The van der Waals surface area contributed by atoms with Crippen molar-refractivity contribution in [2.75, 3.05) is 0 Å². The number of aliphatic hydroxyl groups is 1. The molecule has 10 heteroatoms. The van der Waals surface area contributed by atoms with Crippen molar-refractivity contribution >= 4 is 27.0 Å². The molecule has 1 N–H and O–H groups in total. The summed E-state index contributed by atoms with van der Waals surface area (Å²) in [5.74, 6) is 0. The predicted octanol–water partition coefficient (Wildman–Crippen LogP) is 3.33. The fourth-order valence-corrected chi connectivity index (χ4v) is 3.72. The third kappa shape index (κ3) is 3.06. The van der Waals surface area contributed by atoms with E-state index in [0.29, 0.717) is 0 Å². The first-order valence-corrected chi connectivity index (χ1v) is 8.96. The molecule has 1 unspecified atom stereocenters. The SMILES string of the molecule is Cn1nc2c(=O)n(C3CC3)cnc2c1C(O)c1ccc(C(F)(F)F)c(Br)c1. The van der Waals surface area contributed by atoms with Crippen LogP contribution in [-0.4, -0.2) is 24.4 Å². The molecule has 1 atom stereocenters. The summed E-state index contributed by atoms with van der Waals surface area (Å²) in [6, 6.07) is 3.44. The van der Waals surface area contributed by atoms with Crippen LogP contribution >= 0.6 is 15.9 Å². The molecule has 1 fully saturated rings. The molecule has 1 aliphatic rings. The van der Waals surface area contributed by atoms with Gasteiger partial charge in [0.25, 0.3) is 5.56 Å². The van der Waals surface area contributed by atoms with Gasteiger partial charge in [0.1, 0.15) is 11.6 Å². The summed E-state index contributed by atoms with van der Waals surface area (Å²) in [6.45, 7) is 0. The smallest absolute Gasteiger partial charge is 0.382 e. The zero-order valence-electron chi connectivity index (χ0n) is 14.0. The van der Waals surface area contributed by atoms with E-state index in [1.165, 1.54) is 27.7 Å². The van der Waals surface area contributed by atoms with Crippen molar-refractivity contribution in [3.05, 3.63) is 56.2 Å². The summed E-state index contributed by atoms with van der Waals surface area (Å²) < 4.78 is 41.5. The van der Waals surface area contributed by atoms with Gasteiger partial charge < -0.3 is 5.11 Å². The third-order valence-electron chi connectivity index (χ3n) is 4.63. The largest absolute Gasteiger partial charge is 0.417 e. The number of benzene rings is 1. The normalized spacial score (nSPS) is 16.1. The first-order valence-electron chi connectivity index (χ1n) is 8.17. The van der Waals surface area contributed by atoms with E-state index in [1.54, 1.807) is 7.05 Å². The Labute approximate surface area is 159 Å². The molecular weight excluding hydrogens is 429 g/mol. The van der Waals surface area contributed by atoms with Crippen molar-refractivity contribution < 1.29 is 18.3 Å². The summed E-state index contributed by atoms with van der Waals surface area (Å²) in [4.78, 5) is 16.9. The second kappa shape index (κ2) is 6.16. The van der Waals surface area contributed by atoms with Gasteiger partial charge in [0.15, 0.2) is 5.52 Å². The second-order valence-electron chi connectivity index (χ2n) is 6.53. The van der Waals surface area contributed by atoms with Crippen LogP contribution in [0.25, 0.3) is 11.0 Å². The number of aliphatic hydroxyl groups excluding tert-OH is 1. The summed E-state index contributed by atoms with van der Waals surface area (Å²) >= 11 is 2.90. The minimum absolute atomic E-state index is 0.131. The van der Waals surface area contributed by atoms with Crippen LogP contribution in [0.5, 0.6) is 0 Å². The predicted molar refractivity (Wildman–Crippen MR) is 94.2 cm³/mol. The Bertz CT molecular complexity index is 1100. The summed E-state index contributed by atoms with van der Waals surface area (Å²) in [5.41, 5.74) is -0.275. The lowest BCUT2D eigenvalue weighted by atomic mass is 10.0. The van der Waals surface area contributed by atoms with Gasteiger partial charge in [-0.3, -0.25) is 14.0 Å². The van der Waals surface area contributed by atoms with Crippen LogP contribution in [0.1, 0.15) is 41.8 Å². The minimum atomic E-state index is -4.50. The highest BCUT2D eigenvalue weighted by molar-refractivity contribution is 9.10. The van der Waals surface area contributed by atoms with Crippen molar-refractivity contribution in [3.8, 4) is 0 Å². The van der Waals surface area contributed by atoms with Crippen LogP contribution in [0.4, 0.5) is 13.2 Å². The summed E-state index contributed by atoms with van der Waals surface area (Å²) in [6.07, 6.45) is -2.54. The van der Waals surface area contributed by atoms with Crippen molar-refractivity contribution in [1.29, 1.82) is 0 Å². The van der Waals surface area contributed by atoms with Crippen LogP contribution in [0.2, 0.25) is 0 Å². The van der Waals surface area contributed by atoms with Crippen LogP contribution in [-0.2, 0) is 13.2 Å². The number of aromatic nitrogens is 4. The molecular formula is C17H14BrF3N4O2. The molecule has 27 heavy (non-hydrogen) atoms. The number of halogens is 4. The molecule has 0 saturated heterocycles. The van der Waals surface area contributed by atoms with Gasteiger partial charge in [-0.1, -0.05) is 22.0 Å². The highest BCUT2D eigenvalue weighted by Crippen LogP contribution is 2.37. The molecule has 0 amide bonds. The lowest BCUT2D eigenvalue weighted by Gasteiger charge is -2.15. The van der Waals surface area contributed by atoms with E-state index in [-0.39, 0.29) is 38.4 Å². The molecule has 1 aliphatic carbocycles. The highest BCUT2D eigenvalue weighted by atomic mass is 79.9. The van der Waals surface area contributed by atoms with E-state index in [1.807, 2.05) is 0 Å². The Balaban J connectivity index is 1.80. The minimum Gasteiger partial charge on any atom is -0.382 e. The standard InChI is InChI=1S/C17H14BrF3N4O2/c1-24-14(12-13(23-24)16(27)25(7-22-12)9-3-4-9)15(26)8-2-5-10(11(18)6-8)17(19,20)21/h2,5-7,9,15,26H,3-4H2,1H3. The van der Waals surface area contributed by atoms with Gasteiger partial charge in [-0.05, 0) is 30.5 Å². The van der Waals surface area contributed by atoms with Crippen molar-refractivity contribution in [1.82, 2.24) is 19.3 Å². The molecule has 2 aromatic heterocycles. The molecule has 0 aliphatic heterocycles. The van der Waals surface area contributed by atoms with Gasteiger partial charge in [-0.25, -0.2) is 4.98 Å². The maximum atomic E-state index is 12.9. The zero-order valence-corrected chi connectivity index (χ0v) is 15.6. The average Bonchev–Trinajstić information content (AvgIpc) is 3.36. The van der Waals surface area contributed by atoms with Gasteiger partial charge in [-0.15, -0.1) is 0 Å². The molecule has 0 radical (unpaired) electrons. The van der Waals surface area contributed by atoms with E-state index < -0.39 is 17.8 Å². The second-order valence-corrected chi connectivity index (χ2v) is 7.39. The first kappa shape index (κ1) is 18.2. The first-order chi connectivity index (χ1) is 12.7. The van der Waals surface area contributed by atoms with Crippen LogP contribution < -0.4 is 5.56 Å². The van der Waals surface area contributed by atoms with Crippen molar-refractivity contribution in [2.24, 2.45) is 7.05 Å². The maximum Gasteiger partial charge on any atom is 0.417 e. The number of nitrogens with zero attached hydrogens (tertiary/aromatic N) is 4. The molecule has 2 heterocycles. The number of aryl methyl sites for hydroxylation is 1. The number of fused-ring (bicyclic) bond motifs is 1. The van der Waals surface area contributed by atoms with E-state index in [9.17, 15) is 23.1 Å². The molecule has 0 bridgehead atoms. The summed E-state index contributed by atoms with van der Waals surface area (Å²) in [7, 11) is 1.56. The molecule has 6 nitrogen and oxygen atoms in total. The Kier molecular flexibility index (Phi) is 4.15. The van der Waals surface area contributed by atoms with E-state index in [2.05, 4.69) is 26.0 Å². The number of alkyl halides is 3. The molecule has 1 saturated carbocycles. The Hall–Kier alpha value is -2.20. The van der Waals surface area contributed by atoms with Crippen LogP contribution in [0, 0.1) is 0 Å². The van der Waals surface area contributed by atoms with Crippen LogP contribution in [0.15, 0.2) is 33.8 Å². The quantitative estimate of drug-likeness (QED) is 0.675. The highest BCUT2D eigenvalue weighted by Gasteiger charge is 2.34. The van der Waals surface area contributed by atoms with Gasteiger partial charge in [0.05, 0.1) is 17.6 Å². The van der Waals surface area contributed by atoms with Gasteiger partial charge in [-0.2, -0.15) is 18.3 Å². The fraction of sp³-hybridized carbons (Fsp3) is 0.353. The Morgan fingerprint density at radius 3 is 2.59 bits per heavy atom. The fourth-order valence-electron chi connectivity index (χ4n) is 3.10. The molecule has 3 aromatic rings. The van der Waals surface area contributed by atoms with Crippen LogP contribution in [0.3, 0.4) is 0 Å². The molecule has 4 rings (SSSR count). The summed E-state index contributed by atoms with van der Waals surface area (Å²) in [5, 5.41) is 14.9. The van der Waals surface area contributed by atoms with Crippen molar-refractivity contribution in [3.63, 3.8) is 0 Å². The van der Waals surface area contributed by atoms with Gasteiger partial charge in [0.2, 0.25) is 0 Å². The lowest BCUT2D eigenvalue weighted by Crippen LogP contribution is -2.19. The maximum absolute atomic E-state index is 12.9. The average molecular weight is 443 g/mol. The van der Waals surface area contributed by atoms with E-state index >= 15 is 0 Å². The van der Waals surface area contributed by atoms with Crippen molar-refractivity contribution in [2.45, 2.75) is 31.2 Å². The number of hydrogen-bond acceptors (Lipinski definition) is 4. The van der Waals surface area contributed by atoms with Gasteiger partial charge >= 0.3 is 6.18 Å². The molecule has 142 valence electrons. The van der Waals surface area contributed by atoms with Gasteiger partial charge in [0, 0.05) is 17.6 Å². The number of rotatable bonds is 3. The monoisotopic (exact) mass is 442 g/mol. The van der Waals surface area contributed by atoms with E-state index in [4.69, 9.17) is 0 Å². The lowest BCUT2D eigenvalue weighted by molar-refractivity contribution is -0.138. The zero-order chi connectivity index (χ0) is 19.5. The Morgan fingerprint density at radius 1 is 1.30 bits per heavy atom. The van der Waals surface area contributed by atoms with E-state index in [0.717, 1.165) is 18.9 Å². The topological polar surface area (TPSA) is 72.9 Å².